The quantitative estimate of drug-likeness (QED) is 0.721. The molecule has 0 bridgehead atoms. The Morgan fingerprint density at radius 3 is 2.88 bits per heavy atom. The number of para-hydroxylation sites is 1. The second-order valence-corrected chi connectivity index (χ2v) is 3.09. The van der Waals surface area contributed by atoms with Crippen molar-refractivity contribution in [2.24, 2.45) is 0 Å². The zero-order chi connectivity index (χ0) is 11.5. The van der Waals surface area contributed by atoms with Crippen molar-refractivity contribution >= 4 is 16.9 Å². The summed E-state index contributed by atoms with van der Waals surface area (Å²) in [5.74, 6) is -1.53. The summed E-state index contributed by atoms with van der Waals surface area (Å²) in [6, 6.07) is 6.63. The standard InChI is InChI=1S/C11H8O5/c12-10(13)6-16-9-5-15-8-4-2-1-3-7(8)11(9)14/h1-5H,6H2,(H,12,13)/p-1. The van der Waals surface area contributed by atoms with Crippen molar-refractivity contribution in [3.05, 3.63) is 40.8 Å². The Bertz CT molecular complexity index is 584. The van der Waals surface area contributed by atoms with E-state index < -0.39 is 18.0 Å². The second-order valence-electron chi connectivity index (χ2n) is 3.09. The number of carbonyl (C=O) groups excluding carboxylic acids is 1. The minimum Gasteiger partial charge on any atom is -0.546 e. The van der Waals surface area contributed by atoms with Crippen LogP contribution in [-0.4, -0.2) is 12.6 Å². The van der Waals surface area contributed by atoms with E-state index in [9.17, 15) is 14.7 Å². The maximum atomic E-state index is 11.7. The summed E-state index contributed by atoms with van der Waals surface area (Å²) >= 11 is 0. The Labute approximate surface area is 89.9 Å². The first kappa shape index (κ1) is 10.2. The number of hydrogen-bond acceptors (Lipinski definition) is 5. The molecule has 0 fully saturated rings. The number of aliphatic carboxylic acids is 1. The predicted octanol–water partition coefficient (Wildman–Crippen LogP) is -0.0783. The summed E-state index contributed by atoms with van der Waals surface area (Å²) in [5.41, 5.74) is 0.0244. The number of hydrogen-bond donors (Lipinski definition) is 0. The van der Waals surface area contributed by atoms with E-state index in [2.05, 4.69) is 0 Å². The fraction of sp³-hybridized carbons (Fsp3) is 0.0909. The van der Waals surface area contributed by atoms with Crippen LogP contribution >= 0.6 is 0 Å². The fourth-order valence-corrected chi connectivity index (χ4v) is 1.30. The lowest BCUT2D eigenvalue weighted by molar-refractivity contribution is -0.307. The monoisotopic (exact) mass is 219 g/mol. The van der Waals surface area contributed by atoms with E-state index in [1.807, 2.05) is 0 Å². The minimum absolute atomic E-state index is 0.136. The Hall–Kier alpha value is -2.30. The number of carbonyl (C=O) groups is 1. The summed E-state index contributed by atoms with van der Waals surface area (Å²) in [6.45, 7) is -0.677. The first-order chi connectivity index (χ1) is 7.68. The molecule has 0 atom stereocenters. The van der Waals surface area contributed by atoms with E-state index in [4.69, 9.17) is 9.15 Å². The Kier molecular flexibility index (Phi) is 2.59. The molecule has 2 aromatic rings. The van der Waals surface area contributed by atoms with Crippen LogP contribution in [0.5, 0.6) is 5.75 Å². The molecular formula is C11H7O5-. The van der Waals surface area contributed by atoms with Crippen molar-refractivity contribution in [3.8, 4) is 5.75 Å². The molecule has 0 aliphatic rings. The summed E-state index contributed by atoms with van der Waals surface area (Å²) in [6.07, 6.45) is 1.09. The van der Waals surface area contributed by atoms with Crippen molar-refractivity contribution in [2.75, 3.05) is 6.61 Å². The highest BCUT2D eigenvalue weighted by Gasteiger charge is 2.06. The van der Waals surface area contributed by atoms with E-state index in [0.717, 1.165) is 6.26 Å². The average molecular weight is 219 g/mol. The number of fused-ring (bicyclic) bond motifs is 1. The number of rotatable bonds is 3. The Morgan fingerprint density at radius 2 is 2.12 bits per heavy atom. The molecule has 0 aliphatic heterocycles. The van der Waals surface area contributed by atoms with E-state index in [1.165, 1.54) is 0 Å². The van der Waals surface area contributed by atoms with Gasteiger partial charge in [-0.15, -0.1) is 0 Å². The lowest BCUT2D eigenvalue weighted by atomic mass is 10.2. The van der Waals surface area contributed by atoms with E-state index >= 15 is 0 Å². The second kappa shape index (κ2) is 4.06. The van der Waals surface area contributed by atoms with Gasteiger partial charge in [0, 0.05) is 0 Å². The highest BCUT2D eigenvalue weighted by atomic mass is 16.5. The Morgan fingerprint density at radius 1 is 1.38 bits per heavy atom. The van der Waals surface area contributed by atoms with Gasteiger partial charge in [-0.05, 0) is 12.1 Å². The molecule has 1 heterocycles. The fourth-order valence-electron chi connectivity index (χ4n) is 1.30. The summed E-state index contributed by atoms with van der Waals surface area (Å²) in [7, 11) is 0. The van der Waals surface area contributed by atoms with Crippen molar-refractivity contribution in [2.45, 2.75) is 0 Å². The van der Waals surface area contributed by atoms with Crippen LogP contribution in [0.2, 0.25) is 0 Å². The maximum Gasteiger partial charge on any atom is 0.234 e. The number of ether oxygens (including phenoxy) is 1. The van der Waals surface area contributed by atoms with Gasteiger partial charge in [0.05, 0.1) is 11.4 Å². The first-order valence-corrected chi connectivity index (χ1v) is 4.51. The molecule has 5 heteroatoms. The Balaban J connectivity index is 2.45. The topological polar surface area (TPSA) is 79.6 Å². The molecule has 1 aromatic carbocycles. The largest absolute Gasteiger partial charge is 0.546 e. The lowest BCUT2D eigenvalue weighted by Crippen LogP contribution is -2.29. The number of carboxylic acids is 1. The molecule has 5 nitrogen and oxygen atoms in total. The van der Waals surface area contributed by atoms with E-state index in [-0.39, 0.29) is 5.75 Å². The van der Waals surface area contributed by atoms with Crippen LogP contribution in [0, 0.1) is 0 Å². The smallest absolute Gasteiger partial charge is 0.234 e. The van der Waals surface area contributed by atoms with Crippen LogP contribution in [0.3, 0.4) is 0 Å². The van der Waals surface area contributed by atoms with Crippen molar-refractivity contribution in [1.29, 1.82) is 0 Å². The van der Waals surface area contributed by atoms with E-state index in [1.54, 1.807) is 24.3 Å². The van der Waals surface area contributed by atoms with Gasteiger partial charge < -0.3 is 19.1 Å². The van der Waals surface area contributed by atoms with Gasteiger partial charge in [0.1, 0.15) is 18.5 Å². The number of carboxylic acid groups (broad SMARTS) is 1. The summed E-state index contributed by atoms with van der Waals surface area (Å²) in [5, 5.41) is 10.5. The van der Waals surface area contributed by atoms with Crippen LogP contribution in [-0.2, 0) is 4.79 Å². The molecule has 0 N–H and O–H groups in total. The van der Waals surface area contributed by atoms with Gasteiger partial charge in [-0.25, -0.2) is 0 Å². The first-order valence-electron chi connectivity index (χ1n) is 4.51. The average Bonchev–Trinajstić information content (AvgIpc) is 2.28. The molecule has 82 valence electrons. The van der Waals surface area contributed by atoms with Crippen LogP contribution in [0.25, 0.3) is 11.0 Å². The molecule has 2 rings (SSSR count). The molecule has 16 heavy (non-hydrogen) atoms. The molecule has 1 aromatic heterocycles. The van der Waals surface area contributed by atoms with Gasteiger partial charge in [0.2, 0.25) is 11.2 Å². The van der Waals surface area contributed by atoms with E-state index in [0.29, 0.717) is 11.0 Å². The SMILES string of the molecule is O=C([O-])COc1coc2ccccc2c1=O. The van der Waals surface area contributed by atoms with Gasteiger partial charge in [-0.2, -0.15) is 0 Å². The van der Waals surface area contributed by atoms with Gasteiger partial charge in [0.15, 0.2) is 0 Å². The van der Waals surface area contributed by atoms with Gasteiger partial charge >= 0.3 is 0 Å². The van der Waals surface area contributed by atoms with Crippen molar-refractivity contribution in [3.63, 3.8) is 0 Å². The molecule has 0 aliphatic carbocycles. The molecule has 0 spiro atoms. The zero-order valence-corrected chi connectivity index (χ0v) is 8.14. The van der Waals surface area contributed by atoms with Gasteiger partial charge in [-0.1, -0.05) is 12.1 Å². The predicted molar refractivity (Wildman–Crippen MR) is 53.0 cm³/mol. The zero-order valence-electron chi connectivity index (χ0n) is 8.14. The van der Waals surface area contributed by atoms with Crippen molar-refractivity contribution < 1.29 is 19.1 Å². The molecule has 0 saturated heterocycles. The molecule has 0 amide bonds. The maximum absolute atomic E-state index is 11.7. The number of benzene rings is 1. The lowest BCUT2D eigenvalue weighted by Gasteiger charge is -2.05. The summed E-state index contributed by atoms with van der Waals surface area (Å²) < 4.78 is 9.86. The van der Waals surface area contributed by atoms with Crippen LogP contribution in [0.15, 0.2) is 39.7 Å². The molecule has 0 unspecified atom stereocenters. The highest BCUT2D eigenvalue weighted by molar-refractivity contribution is 5.77. The third-order valence-electron chi connectivity index (χ3n) is 1.99. The summed E-state index contributed by atoms with van der Waals surface area (Å²) in [4.78, 5) is 21.9. The normalized spacial score (nSPS) is 10.2. The van der Waals surface area contributed by atoms with Crippen LogP contribution < -0.4 is 15.3 Å². The molecular weight excluding hydrogens is 212 g/mol. The molecule has 0 radical (unpaired) electrons. The van der Waals surface area contributed by atoms with Crippen LogP contribution in [0.4, 0.5) is 0 Å². The third kappa shape index (κ3) is 1.88. The molecule has 0 saturated carbocycles. The van der Waals surface area contributed by atoms with Gasteiger partial charge in [0.25, 0.3) is 0 Å². The van der Waals surface area contributed by atoms with Gasteiger partial charge in [-0.3, -0.25) is 4.79 Å². The van der Waals surface area contributed by atoms with Crippen LogP contribution in [0.1, 0.15) is 0 Å². The third-order valence-corrected chi connectivity index (χ3v) is 1.99. The minimum atomic E-state index is -1.40. The van der Waals surface area contributed by atoms with Crippen molar-refractivity contribution in [1.82, 2.24) is 0 Å². The highest BCUT2D eigenvalue weighted by Crippen LogP contribution is 2.13.